The van der Waals surface area contributed by atoms with E-state index < -0.39 is 0 Å². The molecule has 1 aromatic heterocycles. The number of carbonyl (C=O) groups excluding carboxylic acids is 1. The molecule has 0 aromatic carbocycles. The number of aromatic nitrogens is 2. The molecule has 3 rings (SSSR count). The largest absolute Gasteiger partial charge is 0.357 e. The van der Waals surface area contributed by atoms with Crippen molar-refractivity contribution in [2.45, 2.75) is 26.8 Å². The van der Waals surface area contributed by atoms with Crippen LogP contribution in [0.25, 0.3) is 0 Å². The van der Waals surface area contributed by atoms with Gasteiger partial charge in [-0.3, -0.25) is 19.4 Å². The zero-order valence-corrected chi connectivity index (χ0v) is 21.1. The normalized spacial score (nSPS) is 20.3. The van der Waals surface area contributed by atoms with Crippen molar-refractivity contribution in [2.24, 2.45) is 12.0 Å². The number of nitrogens with zero attached hydrogens (tertiary/aromatic N) is 7. The summed E-state index contributed by atoms with van der Waals surface area (Å²) in [6.45, 7) is 15.4. The number of guanidine groups is 1. The maximum atomic E-state index is 12.7. The molecule has 170 valence electrons. The van der Waals surface area contributed by atoms with E-state index in [1.165, 1.54) is 0 Å². The number of piperazine rings is 2. The van der Waals surface area contributed by atoms with E-state index in [1.807, 2.05) is 18.1 Å². The lowest BCUT2D eigenvalue weighted by molar-refractivity contribution is -0.120. The fourth-order valence-electron chi connectivity index (χ4n) is 3.95. The maximum absolute atomic E-state index is 12.7. The first kappa shape index (κ1) is 24.9. The Kier molecular flexibility index (Phi) is 9.82. The topological polar surface area (TPSA) is 72.2 Å². The standard InChI is InChI=1S/C20H36N8O.HI/c1-5-21-20(22-13-17(3)26-9-7-25(6-2)8-10-26)27-11-12-28(19(29)16-27)18-14-23-24(4)15-18;/h14-15,17H,5-13,16H2,1-4H3,(H,21,22);1H. The molecule has 1 amide bonds. The highest BCUT2D eigenvalue weighted by Crippen LogP contribution is 2.16. The van der Waals surface area contributed by atoms with Gasteiger partial charge in [-0.1, -0.05) is 6.92 Å². The van der Waals surface area contributed by atoms with Crippen molar-refractivity contribution in [3.05, 3.63) is 12.4 Å². The van der Waals surface area contributed by atoms with Crippen LogP contribution in [-0.4, -0.2) is 108 Å². The van der Waals surface area contributed by atoms with Gasteiger partial charge in [0.15, 0.2) is 5.96 Å². The minimum absolute atomic E-state index is 0. The van der Waals surface area contributed by atoms with Gasteiger partial charge in [0, 0.05) is 65.1 Å². The summed E-state index contributed by atoms with van der Waals surface area (Å²) in [7, 11) is 1.86. The maximum Gasteiger partial charge on any atom is 0.246 e. The van der Waals surface area contributed by atoms with Crippen LogP contribution in [0.15, 0.2) is 17.4 Å². The Morgan fingerprint density at radius 2 is 1.93 bits per heavy atom. The van der Waals surface area contributed by atoms with E-state index in [-0.39, 0.29) is 29.9 Å². The molecular weight excluding hydrogens is 495 g/mol. The molecule has 10 heteroatoms. The Hall–Kier alpha value is -1.40. The Morgan fingerprint density at radius 3 is 2.50 bits per heavy atom. The Morgan fingerprint density at radius 1 is 1.20 bits per heavy atom. The third-order valence-electron chi connectivity index (χ3n) is 5.84. The number of halogens is 1. The van der Waals surface area contributed by atoms with Crippen molar-refractivity contribution >= 4 is 41.5 Å². The first-order valence-electron chi connectivity index (χ1n) is 10.8. The third-order valence-corrected chi connectivity index (χ3v) is 5.84. The second-order valence-corrected chi connectivity index (χ2v) is 7.85. The predicted octanol–water partition coefficient (Wildman–Crippen LogP) is 0.678. The van der Waals surface area contributed by atoms with Gasteiger partial charge in [-0.05, 0) is 20.4 Å². The summed E-state index contributed by atoms with van der Waals surface area (Å²) in [6, 6.07) is 0.398. The van der Waals surface area contributed by atoms with Gasteiger partial charge in [0.05, 0.1) is 18.4 Å². The van der Waals surface area contributed by atoms with Crippen LogP contribution in [0.3, 0.4) is 0 Å². The average Bonchev–Trinajstić information content (AvgIpc) is 3.16. The second kappa shape index (κ2) is 11.8. The van der Waals surface area contributed by atoms with Crippen molar-refractivity contribution in [3.8, 4) is 0 Å². The fourth-order valence-corrected chi connectivity index (χ4v) is 3.95. The first-order valence-corrected chi connectivity index (χ1v) is 10.8. The van der Waals surface area contributed by atoms with Crippen LogP contribution in [-0.2, 0) is 11.8 Å². The molecule has 2 saturated heterocycles. The van der Waals surface area contributed by atoms with E-state index in [0.717, 1.165) is 64.0 Å². The molecule has 1 unspecified atom stereocenters. The van der Waals surface area contributed by atoms with Crippen LogP contribution >= 0.6 is 24.0 Å². The summed E-state index contributed by atoms with van der Waals surface area (Å²) in [6.07, 6.45) is 3.62. The number of hydrogen-bond donors (Lipinski definition) is 1. The number of hydrogen-bond acceptors (Lipinski definition) is 5. The number of amides is 1. The molecule has 1 aromatic rings. The lowest BCUT2D eigenvalue weighted by Gasteiger charge is -2.38. The summed E-state index contributed by atoms with van der Waals surface area (Å²) in [5.74, 6) is 0.921. The van der Waals surface area contributed by atoms with Crippen LogP contribution in [0.5, 0.6) is 0 Å². The molecule has 0 radical (unpaired) electrons. The van der Waals surface area contributed by atoms with Gasteiger partial charge in [-0.2, -0.15) is 5.10 Å². The van der Waals surface area contributed by atoms with Crippen molar-refractivity contribution in [1.29, 1.82) is 0 Å². The number of aliphatic imine (C=N–C) groups is 1. The summed E-state index contributed by atoms with van der Waals surface area (Å²) in [5.41, 5.74) is 0.860. The molecule has 0 aliphatic carbocycles. The van der Waals surface area contributed by atoms with E-state index in [0.29, 0.717) is 19.1 Å². The van der Waals surface area contributed by atoms with Gasteiger partial charge < -0.3 is 20.0 Å². The van der Waals surface area contributed by atoms with Crippen molar-refractivity contribution in [2.75, 3.05) is 70.3 Å². The molecule has 30 heavy (non-hydrogen) atoms. The Bertz CT molecular complexity index is 701. The number of likely N-dealkylation sites (N-methyl/N-ethyl adjacent to an activating group) is 1. The molecule has 2 fully saturated rings. The highest BCUT2D eigenvalue weighted by molar-refractivity contribution is 14.0. The van der Waals surface area contributed by atoms with Crippen LogP contribution in [0.4, 0.5) is 5.69 Å². The highest BCUT2D eigenvalue weighted by atomic mass is 127. The zero-order chi connectivity index (χ0) is 20.8. The van der Waals surface area contributed by atoms with Gasteiger partial charge >= 0.3 is 0 Å². The van der Waals surface area contributed by atoms with Crippen LogP contribution < -0.4 is 10.2 Å². The molecule has 2 aliphatic rings. The van der Waals surface area contributed by atoms with Gasteiger partial charge in [0.1, 0.15) is 6.54 Å². The minimum atomic E-state index is 0. The molecule has 0 spiro atoms. The van der Waals surface area contributed by atoms with Crippen LogP contribution in [0.1, 0.15) is 20.8 Å². The van der Waals surface area contributed by atoms with E-state index in [4.69, 9.17) is 4.99 Å². The molecule has 0 saturated carbocycles. The van der Waals surface area contributed by atoms with Crippen molar-refractivity contribution in [1.82, 2.24) is 29.8 Å². The predicted molar refractivity (Wildman–Crippen MR) is 132 cm³/mol. The molecule has 3 heterocycles. The van der Waals surface area contributed by atoms with E-state index >= 15 is 0 Å². The summed E-state index contributed by atoms with van der Waals surface area (Å²) < 4.78 is 1.72. The summed E-state index contributed by atoms with van der Waals surface area (Å²) in [4.78, 5) is 26.5. The molecular formula is C20H37IN8O. The summed E-state index contributed by atoms with van der Waals surface area (Å²) in [5, 5.41) is 7.55. The number of aryl methyl sites for hydroxylation is 1. The van der Waals surface area contributed by atoms with Crippen molar-refractivity contribution in [3.63, 3.8) is 0 Å². The van der Waals surface area contributed by atoms with Crippen LogP contribution in [0, 0.1) is 0 Å². The monoisotopic (exact) mass is 532 g/mol. The van der Waals surface area contributed by atoms with E-state index in [2.05, 4.69) is 45.9 Å². The van der Waals surface area contributed by atoms with E-state index in [9.17, 15) is 4.79 Å². The van der Waals surface area contributed by atoms with Gasteiger partial charge in [-0.15, -0.1) is 24.0 Å². The fraction of sp³-hybridized carbons (Fsp3) is 0.750. The lowest BCUT2D eigenvalue weighted by Crippen LogP contribution is -2.55. The number of carbonyl (C=O) groups is 1. The molecule has 1 N–H and O–H groups in total. The summed E-state index contributed by atoms with van der Waals surface area (Å²) >= 11 is 0. The quantitative estimate of drug-likeness (QED) is 0.330. The smallest absolute Gasteiger partial charge is 0.246 e. The molecule has 9 nitrogen and oxygen atoms in total. The number of rotatable bonds is 6. The lowest BCUT2D eigenvalue weighted by atomic mass is 10.2. The van der Waals surface area contributed by atoms with Gasteiger partial charge in [0.25, 0.3) is 0 Å². The molecule has 2 aliphatic heterocycles. The van der Waals surface area contributed by atoms with Gasteiger partial charge in [-0.25, -0.2) is 0 Å². The molecule has 1 atom stereocenters. The van der Waals surface area contributed by atoms with E-state index in [1.54, 1.807) is 10.9 Å². The number of anilines is 1. The minimum Gasteiger partial charge on any atom is -0.357 e. The number of nitrogens with one attached hydrogen (secondary N) is 1. The third kappa shape index (κ3) is 6.30. The van der Waals surface area contributed by atoms with Crippen molar-refractivity contribution < 1.29 is 4.79 Å². The SMILES string of the molecule is CCNC(=NCC(C)N1CCN(CC)CC1)N1CCN(c2cnn(C)c2)C(=O)C1.I. The van der Waals surface area contributed by atoms with Crippen LogP contribution in [0.2, 0.25) is 0 Å². The first-order chi connectivity index (χ1) is 14.0. The average molecular weight is 532 g/mol. The Labute approximate surface area is 197 Å². The zero-order valence-electron chi connectivity index (χ0n) is 18.8. The highest BCUT2D eigenvalue weighted by Gasteiger charge is 2.28. The molecule has 0 bridgehead atoms. The Balaban J connectivity index is 0.00000320. The van der Waals surface area contributed by atoms with Gasteiger partial charge in [0.2, 0.25) is 5.91 Å². The second-order valence-electron chi connectivity index (χ2n) is 7.85.